The number of carbonyl (C=O) groups is 1. The summed E-state index contributed by atoms with van der Waals surface area (Å²) < 4.78 is 0.485. The van der Waals surface area contributed by atoms with E-state index in [4.69, 9.17) is 23.8 Å². The SMILES string of the molecule is CN(NC(=O)c1cccc[n+]1[O-])C(=S)Nc1ccc(Cl)cc1. The minimum atomic E-state index is -0.557. The predicted molar refractivity (Wildman–Crippen MR) is 88.3 cm³/mol. The van der Waals surface area contributed by atoms with Gasteiger partial charge in [-0.2, -0.15) is 4.73 Å². The number of hydrogen-bond acceptors (Lipinski definition) is 3. The van der Waals surface area contributed by atoms with E-state index in [2.05, 4.69) is 10.7 Å². The first-order valence-corrected chi connectivity index (χ1v) is 7.05. The molecule has 1 aromatic carbocycles. The Hall–Kier alpha value is -2.38. The fourth-order valence-corrected chi connectivity index (χ4v) is 1.89. The Labute approximate surface area is 137 Å². The highest BCUT2D eigenvalue weighted by Crippen LogP contribution is 2.13. The molecule has 114 valence electrons. The van der Waals surface area contributed by atoms with Gasteiger partial charge in [-0.25, -0.2) is 0 Å². The van der Waals surface area contributed by atoms with E-state index in [1.807, 2.05) is 0 Å². The zero-order chi connectivity index (χ0) is 16.1. The number of carbonyl (C=O) groups excluding carboxylic acids is 1. The van der Waals surface area contributed by atoms with Gasteiger partial charge in [0, 0.05) is 29.9 Å². The molecule has 2 N–H and O–H groups in total. The summed E-state index contributed by atoms with van der Waals surface area (Å²) in [7, 11) is 1.57. The molecule has 2 rings (SSSR count). The van der Waals surface area contributed by atoms with Crippen LogP contribution in [0.25, 0.3) is 0 Å². The highest BCUT2D eigenvalue weighted by atomic mass is 35.5. The number of hydrogen-bond donors (Lipinski definition) is 2. The third kappa shape index (κ3) is 4.06. The van der Waals surface area contributed by atoms with Crippen LogP contribution in [0.1, 0.15) is 10.5 Å². The van der Waals surface area contributed by atoms with Gasteiger partial charge in [0.25, 0.3) is 5.69 Å². The van der Waals surface area contributed by atoms with E-state index < -0.39 is 5.91 Å². The summed E-state index contributed by atoms with van der Waals surface area (Å²) >= 11 is 11.0. The van der Waals surface area contributed by atoms with Crippen LogP contribution >= 0.6 is 23.8 Å². The van der Waals surface area contributed by atoms with E-state index in [0.717, 1.165) is 5.69 Å². The lowest BCUT2D eigenvalue weighted by Crippen LogP contribution is -2.48. The summed E-state index contributed by atoms with van der Waals surface area (Å²) in [6.45, 7) is 0. The van der Waals surface area contributed by atoms with Crippen LogP contribution in [0.15, 0.2) is 48.7 Å². The van der Waals surface area contributed by atoms with E-state index in [9.17, 15) is 10.0 Å². The fourth-order valence-electron chi connectivity index (χ4n) is 1.61. The minimum Gasteiger partial charge on any atom is -0.618 e. The number of benzene rings is 1. The number of rotatable bonds is 2. The summed E-state index contributed by atoms with van der Waals surface area (Å²) in [5.74, 6) is -0.557. The second-order valence-corrected chi connectivity index (χ2v) is 5.17. The summed E-state index contributed by atoms with van der Waals surface area (Å²) in [6.07, 6.45) is 1.25. The van der Waals surface area contributed by atoms with Crippen molar-refractivity contribution in [2.75, 3.05) is 12.4 Å². The van der Waals surface area contributed by atoms with Crippen LogP contribution in [0.2, 0.25) is 5.02 Å². The zero-order valence-electron chi connectivity index (χ0n) is 11.6. The van der Waals surface area contributed by atoms with Crippen LogP contribution in [0.5, 0.6) is 0 Å². The Morgan fingerprint density at radius 2 is 1.95 bits per heavy atom. The lowest BCUT2D eigenvalue weighted by atomic mass is 10.3. The number of amides is 1. The molecule has 0 radical (unpaired) electrons. The van der Waals surface area contributed by atoms with Crippen LogP contribution in [-0.2, 0) is 0 Å². The van der Waals surface area contributed by atoms with Gasteiger partial charge in [-0.15, -0.1) is 0 Å². The van der Waals surface area contributed by atoms with Gasteiger partial charge in [-0.3, -0.25) is 15.2 Å². The van der Waals surface area contributed by atoms with Gasteiger partial charge in [-0.05, 0) is 42.5 Å². The Morgan fingerprint density at radius 3 is 2.59 bits per heavy atom. The maximum atomic E-state index is 12.0. The molecule has 0 fully saturated rings. The predicted octanol–water partition coefficient (Wildman–Crippen LogP) is 1.95. The maximum absolute atomic E-state index is 12.0. The molecule has 2 aromatic rings. The third-order valence-corrected chi connectivity index (χ3v) is 3.35. The molecule has 1 aromatic heterocycles. The average Bonchev–Trinajstić information content (AvgIpc) is 2.49. The zero-order valence-corrected chi connectivity index (χ0v) is 13.2. The lowest BCUT2D eigenvalue weighted by molar-refractivity contribution is -0.607. The largest absolute Gasteiger partial charge is 0.618 e. The van der Waals surface area contributed by atoms with Crippen LogP contribution in [0.4, 0.5) is 5.69 Å². The first-order valence-electron chi connectivity index (χ1n) is 6.27. The molecule has 0 aliphatic heterocycles. The van der Waals surface area contributed by atoms with Crippen molar-refractivity contribution in [3.8, 4) is 0 Å². The van der Waals surface area contributed by atoms with Gasteiger partial charge in [-0.1, -0.05) is 11.6 Å². The molecule has 0 aliphatic carbocycles. The van der Waals surface area contributed by atoms with Crippen molar-refractivity contribution in [2.24, 2.45) is 0 Å². The maximum Gasteiger partial charge on any atom is 0.335 e. The number of hydrazine groups is 1. The molecule has 0 aliphatic rings. The first kappa shape index (κ1) is 16.0. The summed E-state index contributed by atoms with van der Waals surface area (Å²) in [6, 6.07) is 11.5. The third-order valence-electron chi connectivity index (χ3n) is 2.73. The number of anilines is 1. The molecular formula is C14H13ClN4O2S. The van der Waals surface area contributed by atoms with E-state index in [1.54, 1.807) is 43.4 Å². The Kier molecular flexibility index (Phi) is 5.13. The highest BCUT2D eigenvalue weighted by molar-refractivity contribution is 7.80. The van der Waals surface area contributed by atoms with E-state index >= 15 is 0 Å². The molecule has 0 unspecified atom stereocenters. The Balaban J connectivity index is 1.98. The number of aromatic nitrogens is 1. The molecule has 0 atom stereocenters. The number of halogens is 1. The van der Waals surface area contributed by atoms with Gasteiger partial charge in [0.2, 0.25) is 0 Å². The lowest BCUT2D eigenvalue weighted by Gasteiger charge is -2.21. The van der Waals surface area contributed by atoms with Crippen molar-refractivity contribution >= 4 is 40.5 Å². The standard InChI is InChI=1S/C14H13ClN4O2S/c1-18(14(22)16-11-7-5-10(15)6-8-11)17-13(20)12-4-2-3-9-19(12)21/h2-9H,1H3,(H,16,22)(H,17,20). The second kappa shape index (κ2) is 7.06. The van der Waals surface area contributed by atoms with E-state index in [1.165, 1.54) is 17.3 Å². The topological polar surface area (TPSA) is 71.3 Å². The molecule has 1 amide bonds. The number of nitrogens with one attached hydrogen (secondary N) is 2. The molecule has 22 heavy (non-hydrogen) atoms. The number of nitrogens with zero attached hydrogens (tertiary/aromatic N) is 2. The number of pyridine rings is 1. The average molecular weight is 337 g/mol. The van der Waals surface area contributed by atoms with Crippen molar-refractivity contribution < 1.29 is 9.52 Å². The molecule has 0 bridgehead atoms. The second-order valence-electron chi connectivity index (χ2n) is 4.35. The molecule has 0 spiro atoms. The molecule has 6 nitrogen and oxygen atoms in total. The van der Waals surface area contributed by atoms with Crippen molar-refractivity contribution in [3.63, 3.8) is 0 Å². The Bertz CT molecular complexity index is 693. The van der Waals surface area contributed by atoms with Crippen molar-refractivity contribution in [2.45, 2.75) is 0 Å². The monoisotopic (exact) mass is 336 g/mol. The van der Waals surface area contributed by atoms with Crippen molar-refractivity contribution in [1.82, 2.24) is 10.4 Å². The smallest absolute Gasteiger partial charge is 0.335 e. The van der Waals surface area contributed by atoms with Gasteiger partial charge < -0.3 is 10.5 Å². The van der Waals surface area contributed by atoms with Gasteiger partial charge in [0.05, 0.1) is 0 Å². The first-order chi connectivity index (χ1) is 10.5. The van der Waals surface area contributed by atoms with Crippen LogP contribution in [0, 0.1) is 5.21 Å². The summed E-state index contributed by atoms with van der Waals surface area (Å²) in [4.78, 5) is 12.0. The van der Waals surface area contributed by atoms with Crippen molar-refractivity contribution in [1.29, 1.82) is 0 Å². The van der Waals surface area contributed by atoms with Crippen LogP contribution in [-0.4, -0.2) is 23.1 Å². The van der Waals surface area contributed by atoms with Gasteiger partial charge in [0.1, 0.15) is 0 Å². The molecular weight excluding hydrogens is 324 g/mol. The van der Waals surface area contributed by atoms with Crippen LogP contribution in [0.3, 0.4) is 0 Å². The minimum absolute atomic E-state index is 0.0244. The quantitative estimate of drug-likeness (QED) is 0.379. The van der Waals surface area contributed by atoms with Gasteiger partial charge >= 0.3 is 5.91 Å². The number of thiocarbonyl (C=S) groups is 1. The van der Waals surface area contributed by atoms with E-state index in [0.29, 0.717) is 9.75 Å². The molecule has 0 saturated carbocycles. The Morgan fingerprint density at radius 1 is 1.27 bits per heavy atom. The summed E-state index contributed by atoms with van der Waals surface area (Å²) in [5.41, 5.74) is 3.22. The van der Waals surface area contributed by atoms with Crippen molar-refractivity contribution in [3.05, 3.63) is 64.6 Å². The molecule has 8 heteroatoms. The molecule has 1 heterocycles. The fraction of sp³-hybridized carbons (Fsp3) is 0.0714. The van der Waals surface area contributed by atoms with E-state index in [-0.39, 0.29) is 10.8 Å². The summed E-state index contributed by atoms with van der Waals surface area (Å²) in [5, 5.41) is 16.7. The molecule has 0 saturated heterocycles. The normalized spacial score (nSPS) is 9.91. The van der Waals surface area contributed by atoms with Crippen LogP contribution < -0.4 is 15.5 Å². The highest BCUT2D eigenvalue weighted by Gasteiger charge is 2.17. The van der Waals surface area contributed by atoms with Gasteiger partial charge in [0.15, 0.2) is 11.3 Å².